The highest BCUT2D eigenvalue weighted by molar-refractivity contribution is 7.71. The third-order valence-corrected chi connectivity index (χ3v) is 3.91. The van der Waals surface area contributed by atoms with Crippen LogP contribution in [0, 0.1) is 4.77 Å². The molecule has 6 heteroatoms. The van der Waals surface area contributed by atoms with Gasteiger partial charge in [-0.25, -0.2) is 5.10 Å². The smallest absolute Gasteiger partial charge is 0.216 e. The fraction of sp³-hybridized carbons (Fsp3) is 0.105. The molecule has 1 N–H and O–H groups in total. The van der Waals surface area contributed by atoms with E-state index in [1.54, 1.807) is 10.9 Å². The Hall–Kier alpha value is -2.99. The second-order valence-corrected chi connectivity index (χ2v) is 6.03. The van der Waals surface area contributed by atoms with Crippen molar-refractivity contribution >= 4 is 30.2 Å². The first-order valence-electron chi connectivity index (χ1n) is 7.86. The maximum absolute atomic E-state index is 5.28. The molecule has 0 unspecified atom stereocenters. The zero-order chi connectivity index (χ0) is 17.6. The van der Waals surface area contributed by atoms with Gasteiger partial charge < -0.3 is 4.90 Å². The Bertz CT molecular complexity index is 934. The molecule has 5 nitrogen and oxygen atoms in total. The first kappa shape index (κ1) is 16.9. The van der Waals surface area contributed by atoms with Gasteiger partial charge in [0.2, 0.25) is 4.77 Å². The molecule has 0 aliphatic carbocycles. The minimum Gasteiger partial charge on any atom is -0.378 e. The van der Waals surface area contributed by atoms with Gasteiger partial charge >= 0.3 is 0 Å². The monoisotopic (exact) mass is 349 g/mol. The summed E-state index contributed by atoms with van der Waals surface area (Å²) in [5.41, 5.74) is 3.19. The van der Waals surface area contributed by atoms with Crippen LogP contribution < -0.4 is 4.90 Å². The summed E-state index contributed by atoms with van der Waals surface area (Å²) in [7, 11) is 4.02. The number of nitrogens with zero attached hydrogens (tertiary/aromatic N) is 4. The van der Waals surface area contributed by atoms with E-state index in [9.17, 15) is 0 Å². The number of allylic oxidation sites excluding steroid dienone is 1. The van der Waals surface area contributed by atoms with Crippen molar-refractivity contribution in [3.05, 3.63) is 71.0 Å². The quantitative estimate of drug-likeness (QED) is 0.554. The number of hydrogen-bond acceptors (Lipinski definition) is 4. The minimum absolute atomic E-state index is 0.455. The van der Waals surface area contributed by atoms with E-state index in [-0.39, 0.29) is 0 Å². The summed E-state index contributed by atoms with van der Waals surface area (Å²) < 4.78 is 2.08. The average Bonchev–Trinajstić information content (AvgIpc) is 3.00. The topological polar surface area (TPSA) is 49.2 Å². The average molecular weight is 349 g/mol. The minimum atomic E-state index is 0.455. The lowest BCUT2D eigenvalue weighted by Gasteiger charge is -2.12. The molecule has 0 saturated heterocycles. The molecule has 0 atom stereocenters. The lowest BCUT2D eigenvalue weighted by molar-refractivity contribution is 0.872. The standard InChI is InChI=1S/C19H19N5S/c1-23(2)17-12-10-16(11-13-17)18-21-22-19(25)24(18)20-14-6-9-15-7-4-3-5-8-15/h3-14H,1-2H3,(H,22,25). The van der Waals surface area contributed by atoms with Crippen molar-refractivity contribution < 1.29 is 0 Å². The molecule has 3 aromatic rings. The molecule has 126 valence electrons. The summed E-state index contributed by atoms with van der Waals surface area (Å²) in [5, 5.41) is 11.5. The van der Waals surface area contributed by atoms with E-state index in [0.29, 0.717) is 10.6 Å². The Balaban J connectivity index is 1.83. The maximum atomic E-state index is 5.28. The molecule has 0 aliphatic rings. The van der Waals surface area contributed by atoms with Gasteiger partial charge in [-0.3, -0.25) is 0 Å². The van der Waals surface area contributed by atoms with Crippen LogP contribution >= 0.6 is 12.2 Å². The molecule has 1 heterocycles. The van der Waals surface area contributed by atoms with Crippen LogP contribution in [-0.2, 0) is 0 Å². The van der Waals surface area contributed by atoms with Crippen molar-refractivity contribution in [1.82, 2.24) is 14.9 Å². The fourth-order valence-electron chi connectivity index (χ4n) is 2.32. The molecule has 2 aromatic carbocycles. The van der Waals surface area contributed by atoms with Gasteiger partial charge in [0.05, 0.1) is 0 Å². The molecule has 0 bridgehead atoms. The van der Waals surface area contributed by atoms with Crippen LogP contribution in [0.4, 0.5) is 5.69 Å². The fourth-order valence-corrected chi connectivity index (χ4v) is 2.50. The van der Waals surface area contributed by atoms with Gasteiger partial charge in [0.25, 0.3) is 0 Å². The van der Waals surface area contributed by atoms with Gasteiger partial charge in [-0.2, -0.15) is 14.9 Å². The maximum Gasteiger partial charge on any atom is 0.216 e. The molecule has 0 amide bonds. The number of benzene rings is 2. The number of H-pyrrole nitrogens is 1. The molecule has 0 aliphatic heterocycles. The molecule has 0 spiro atoms. The number of nitrogens with one attached hydrogen (secondary N) is 1. The molecular weight excluding hydrogens is 330 g/mol. The van der Waals surface area contributed by atoms with Crippen LogP contribution in [0.3, 0.4) is 0 Å². The zero-order valence-corrected chi connectivity index (χ0v) is 14.9. The first-order chi connectivity index (χ1) is 12.1. The van der Waals surface area contributed by atoms with Crippen LogP contribution in [0.15, 0.2) is 65.8 Å². The van der Waals surface area contributed by atoms with Crippen molar-refractivity contribution in [2.24, 2.45) is 5.10 Å². The molecule has 1 aromatic heterocycles. The van der Waals surface area contributed by atoms with Gasteiger partial charge in [0.15, 0.2) is 5.82 Å². The van der Waals surface area contributed by atoms with Crippen molar-refractivity contribution in [2.75, 3.05) is 19.0 Å². The van der Waals surface area contributed by atoms with Crippen LogP contribution in [0.5, 0.6) is 0 Å². The van der Waals surface area contributed by atoms with Crippen LogP contribution in [0.1, 0.15) is 5.56 Å². The Kier molecular flexibility index (Phi) is 5.20. The van der Waals surface area contributed by atoms with E-state index in [0.717, 1.165) is 16.8 Å². The highest BCUT2D eigenvalue weighted by Crippen LogP contribution is 2.20. The second kappa shape index (κ2) is 7.72. The lowest BCUT2D eigenvalue weighted by atomic mass is 10.2. The van der Waals surface area contributed by atoms with E-state index in [4.69, 9.17) is 12.2 Å². The van der Waals surface area contributed by atoms with Gasteiger partial charge in [-0.1, -0.05) is 36.4 Å². The van der Waals surface area contributed by atoms with Gasteiger partial charge in [0.1, 0.15) is 0 Å². The van der Waals surface area contributed by atoms with E-state index in [1.807, 2.05) is 85.7 Å². The first-order valence-corrected chi connectivity index (χ1v) is 8.27. The highest BCUT2D eigenvalue weighted by Gasteiger charge is 2.08. The summed E-state index contributed by atoms with van der Waals surface area (Å²) in [5.74, 6) is 0.680. The Morgan fingerprint density at radius 1 is 1.08 bits per heavy atom. The molecule has 3 rings (SSSR count). The van der Waals surface area contributed by atoms with Gasteiger partial charge in [-0.05, 0) is 48.1 Å². The van der Waals surface area contributed by atoms with E-state index in [2.05, 4.69) is 15.3 Å². The predicted molar refractivity (Wildman–Crippen MR) is 107 cm³/mol. The SMILES string of the molecule is CN(C)c1ccc(-c2n[nH]c(=S)n2N=CC=Cc2ccccc2)cc1. The number of aromatic amines is 1. The number of anilines is 1. The summed E-state index contributed by atoms with van der Waals surface area (Å²) in [4.78, 5) is 2.05. The van der Waals surface area contributed by atoms with Crippen molar-refractivity contribution in [3.63, 3.8) is 0 Å². The van der Waals surface area contributed by atoms with Crippen LogP contribution in [-0.4, -0.2) is 35.2 Å². The van der Waals surface area contributed by atoms with Crippen LogP contribution in [0.25, 0.3) is 17.5 Å². The third kappa shape index (κ3) is 4.10. The molecule has 25 heavy (non-hydrogen) atoms. The summed E-state index contributed by atoms with van der Waals surface area (Å²) in [6, 6.07) is 18.1. The Morgan fingerprint density at radius 3 is 2.48 bits per heavy atom. The zero-order valence-electron chi connectivity index (χ0n) is 14.1. The van der Waals surface area contributed by atoms with Gasteiger partial charge in [0, 0.05) is 31.6 Å². The van der Waals surface area contributed by atoms with E-state index in [1.165, 1.54) is 0 Å². The number of hydrogen-bond donors (Lipinski definition) is 1. The Morgan fingerprint density at radius 2 is 1.80 bits per heavy atom. The predicted octanol–water partition coefficient (Wildman–Crippen LogP) is 4.22. The van der Waals surface area contributed by atoms with Crippen molar-refractivity contribution in [1.29, 1.82) is 0 Å². The molecule has 0 radical (unpaired) electrons. The molecule has 0 fully saturated rings. The number of aromatic nitrogens is 3. The second-order valence-electron chi connectivity index (χ2n) is 5.64. The lowest BCUT2D eigenvalue weighted by Crippen LogP contribution is -2.08. The summed E-state index contributed by atoms with van der Waals surface area (Å²) >= 11 is 5.28. The highest BCUT2D eigenvalue weighted by atomic mass is 32.1. The van der Waals surface area contributed by atoms with Crippen molar-refractivity contribution in [3.8, 4) is 11.4 Å². The van der Waals surface area contributed by atoms with Crippen LogP contribution in [0.2, 0.25) is 0 Å². The normalized spacial score (nSPS) is 11.4. The van der Waals surface area contributed by atoms with E-state index >= 15 is 0 Å². The van der Waals surface area contributed by atoms with Crippen molar-refractivity contribution in [2.45, 2.75) is 0 Å². The molecular formula is C19H19N5S. The summed E-state index contributed by atoms with van der Waals surface area (Å²) in [6.45, 7) is 0. The molecule has 0 saturated carbocycles. The van der Waals surface area contributed by atoms with E-state index < -0.39 is 0 Å². The van der Waals surface area contributed by atoms with Gasteiger partial charge in [-0.15, -0.1) is 0 Å². The number of rotatable bonds is 5. The largest absolute Gasteiger partial charge is 0.378 e. The third-order valence-electron chi connectivity index (χ3n) is 3.65. The summed E-state index contributed by atoms with van der Waals surface area (Å²) in [6.07, 6.45) is 5.57. The Labute approximate surface area is 151 Å².